The zero-order valence-corrected chi connectivity index (χ0v) is 21.1. The van der Waals surface area contributed by atoms with Gasteiger partial charge in [0, 0.05) is 23.7 Å². The Labute approximate surface area is 229 Å². The molecule has 4 amide bonds. The number of amides is 4. The first-order chi connectivity index (χ1) is 19.2. The molecule has 4 saturated heterocycles. The van der Waals surface area contributed by atoms with Crippen LogP contribution in [0, 0.1) is 95.7 Å². The van der Waals surface area contributed by atoms with Crippen LogP contribution < -0.4 is 0 Å². The van der Waals surface area contributed by atoms with Crippen molar-refractivity contribution in [2.24, 2.45) is 71.0 Å². The van der Waals surface area contributed by atoms with E-state index in [1.807, 2.05) is 0 Å². The summed E-state index contributed by atoms with van der Waals surface area (Å²) in [6, 6.07) is 0. The van der Waals surface area contributed by atoms with Crippen LogP contribution in [0.4, 0.5) is 26.3 Å². The van der Waals surface area contributed by atoms with Crippen molar-refractivity contribution < 1.29 is 50.3 Å². The number of carbonyl (C=O) groups is 4. The fraction of sp³-hybridized carbons (Fsp3) is 0.714. The van der Waals surface area contributed by atoms with Gasteiger partial charge in [-0.25, -0.2) is 0 Å². The zero-order valence-electron chi connectivity index (χ0n) is 21.1. The van der Waals surface area contributed by atoms with Crippen molar-refractivity contribution in [3.63, 3.8) is 0 Å². The summed E-state index contributed by atoms with van der Waals surface area (Å²) < 4.78 is 98.4. The fourth-order valence-electron chi connectivity index (χ4n) is 11.8. The van der Waals surface area contributed by atoms with E-state index in [9.17, 15) is 19.2 Å². The number of fused-ring (bicyclic) bond motifs is 22. The molecule has 14 atom stereocenters. The number of rotatable bonds is 2. The third kappa shape index (κ3) is 2.34. The molecular weight excluding hydrogens is 558 g/mol. The molecule has 0 radical (unpaired) electrons. The fourth-order valence-corrected chi connectivity index (χ4v) is 11.8. The first kappa shape index (κ1) is 25.6. The molecule has 0 aromatic heterocycles. The number of terminal acetylenes is 2. The number of halogens is 6. The Balaban J connectivity index is 1.32. The van der Waals surface area contributed by atoms with Gasteiger partial charge in [0.05, 0.1) is 36.8 Å². The Morgan fingerprint density at radius 3 is 1.12 bits per heavy atom. The number of likely N-dealkylation sites (tertiary alicyclic amines) is 2. The molecule has 8 aliphatic rings. The second-order valence-corrected chi connectivity index (χ2v) is 13.0. The summed E-state index contributed by atoms with van der Waals surface area (Å²) in [6.07, 6.45) is -0.274. The number of ether oxygens (including phenoxy) is 1. The maximum Gasteiger partial charge on any atom is 0.418 e. The van der Waals surface area contributed by atoms with E-state index in [0.717, 1.165) is 9.80 Å². The number of alkyl halides is 6. The molecule has 216 valence electrons. The largest absolute Gasteiger partial charge is 0.418 e. The second-order valence-electron chi connectivity index (χ2n) is 13.0. The minimum atomic E-state index is -5.28. The molecule has 2 unspecified atom stereocenters. The van der Waals surface area contributed by atoms with Crippen LogP contribution in [0.25, 0.3) is 0 Å². The highest BCUT2D eigenvalue weighted by molar-refractivity contribution is 6.07. The SMILES string of the molecule is C#CCN1C(=O)[C@@H]2[C@H]3C[C@@H]([C@@H]2C1=O)[C@H]1[C@@H]3C2(C(F)(F)F)OC1(C(F)(F)F)[C@@H]1[C@@H]3C[C@@H]([C@@H]4C(=O)N(CC#C)C(=O)[C@H]34)[C@@H]12. The molecule has 6 bridgehead atoms. The van der Waals surface area contributed by atoms with Gasteiger partial charge in [-0.1, -0.05) is 11.8 Å². The van der Waals surface area contributed by atoms with Crippen molar-refractivity contribution in [1.82, 2.24) is 9.80 Å². The van der Waals surface area contributed by atoms with Gasteiger partial charge < -0.3 is 4.74 Å². The van der Waals surface area contributed by atoms with Crippen molar-refractivity contribution in [2.45, 2.75) is 36.4 Å². The molecule has 0 aromatic carbocycles. The Kier molecular flexibility index (Phi) is 4.44. The summed E-state index contributed by atoms with van der Waals surface area (Å²) in [6.45, 7) is -0.830. The normalized spacial score (nSPS) is 51.8. The van der Waals surface area contributed by atoms with Crippen LogP contribution in [0.3, 0.4) is 0 Å². The molecule has 0 spiro atoms. The van der Waals surface area contributed by atoms with Crippen molar-refractivity contribution in [1.29, 1.82) is 0 Å². The molecule has 4 aliphatic carbocycles. The summed E-state index contributed by atoms with van der Waals surface area (Å²) in [5.74, 6) is -15.1. The van der Waals surface area contributed by atoms with Crippen molar-refractivity contribution in [3.8, 4) is 24.7 Å². The molecule has 4 heterocycles. The van der Waals surface area contributed by atoms with E-state index in [2.05, 4.69) is 11.8 Å². The summed E-state index contributed by atoms with van der Waals surface area (Å²) in [5.41, 5.74) is -6.56. The van der Waals surface area contributed by atoms with E-state index in [4.69, 9.17) is 17.6 Å². The lowest BCUT2D eigenvalue weighted by Crippen LogP contribution is -2.66. The second kappa shape index (κ2) is 7.11. The maximum atomic E-state index is 15.5. The van der Waals surface area contributed by atoms with Crippen molar-refractivity contribution >= 4 is 23.6 Å². The van der Waals surface area contributed by atoms with E-state index in [1.54, 1.807) is 0 Å². The third-order valence-electron chi connectivity index (χ3n) is 12.2. The van der Waals surface area contributed by atoms with Crippen LogP contribution in [-0.4, -0.2) is 70.1 Å². The molecule has 8 fully saturated rings. The average Bonchev–Trinajstić information content (AvgIpc) is 3.71. The summed E-state index contributed by atoms with van der Waals surface area (Å²) >= 11 is 0. The number of hydrogen-bond acceptors (Lipinski definition) is 5. The smallest absolute Gasteiger partial charge is 0.348 e. The lowest BCUT2D eigenvalue weighted by Gasteiger charge is -2.53. The molecule has 13 heteroatoms. The number of hydrogen-bond donors (Lipinski definition) is 0. The summed E-state index contributed by atoms with van der Waals surface area (Å²) in [4.78, 5) is 54.5. The zero-order chi connectivity index (χ0) is 29.3. The van der Waals surface area contributed by atoms with Crippen LogP contribution >= 0.6 is 0 Å². The van der Waals surface area contributed by atoms with Gasteiger partial charge in [0.25, 0.3) is 0 Å². The van der Waals surface area contributed by atoms with Gasteiger partial charge in [-0.2, -0.15) is 26.3 Å². The standard InChI is InChI=1S/C28H22F6N2O5/c1-3-5-35-21(37)13-9-7-10(14(13)22(35)38)18-17(9)25(27(29,30)31)19-11-8-12(20(19)26(18,41-25)28(32,33)34)16-15(11)23(39)36(6-4-2)24(16)40/h1-2,9-20H,5-8H2/t9-,10+,11+,12-,13-,14+,15+,16-,17-,18+,19+,20-,25?,26?. The molecule has 8 rings (SSSR count). The Hall–Kier alpha value is -3.06. The Morgan fingerprint density at radius 1 is 0.634 bits per heavy atom. The first-order valence-electron chi connectivity index (χ1n) is 13.6. The molecule has 0 aromatic rings. The van der Waals surface area contributed by atoms with E-state index in [1.165, 1.54) is 0 Å². The van der Waals surface area contributed by atoms with Crippen LogP contribution in [0.15, 0.2) is 0 Å². The number of carbonyl (C=O) groups excluding carboxylic acids is 4. The van der Waals surface area contributed by atoms with Gasteiger partial charge in [-0.3, -0.25) is 29.0 Å². The van der Waals surface area contributed by atoms with Gasteiger partial charge >= 0.3 is 12.4 Å². The minimum Gasteiger partial charge on any atom is -0.348 e. The molecule has 4 saturated carbocycles. The van der Waals surface area contributed by atoms with Gasteiger partial charge in [-0.15, -0.1) is 12.8 Å². The third-order valence-corrected chi connectivity index (χ3v) is 12.2. The molecular formula is C28H22F6N2O5. The van der Waals surface area contributed by atoms with Gasteiger partial charge in [-0.05, 0) is 36.5 Å². The van der Waals surface area contributed by atoms with E-state index in [-0.39, 0.29) is 12.8 Å². The highest BCUT2D eigenvalue weighted by atomic mass is 19.4. The number of imide groups is 2. The van der Waals surface area contributed by atoms with E-state index < -0.39 is 131 Å². The quantitative estimate of drug-likeness (QED) is 0.283. The predicted molar refractivity (Wildman–Crippen MR) is 121 cm³/mol. The van der Waals surface area contributed by atoms with E-state index >= 15 is 26.3 Å². The highest BCUT2D eigenvalue weighted by Crippen LogP contribution is 2.86. The molecule has 4 aliphatic heterocycles. The topological polar surface area (TPSA) is 84.0 Å². The average molecular weight is 580 g/mol. The molecule has 7 nitrogen and oxygen atoms in total. The molecule has 41 heavy (non-hydrogen) atoms. The van der Waals surface area contributed by atoms with Crippen LogP contribution in [0.1, 0.15) is 12.8 Å². The first-order valence-corrected chi connectivity index (χ1v) is 13.6. The Bertz CT molecular complexity index is 1270. The summed E-state index contributed by atoms with van der Waals surface area (Å²) in [7, 11) is 0. The minimum absolute atomic E-state index is 0.138. The van der Waals surface area contributed by atoms with Crippen LogP contribution in [-0.2, 0) is 23.9 Å². The van der Waals surface area contributed by atoms with E-state index in [0.29, 0.717) is 0 Å². The van der Waals surface area contributed by atoms with Crippen molar-refractivity contribution in [3.05, 3.63) is 0 Å². The molecule has 0 N–H and O–H groups in total. The summed E-state index contributed by atoms with van der Waals surface area (Å²) in [5, 5.41) is 0. The number of nitrogens with zero attached hydrogens (tertiary/aromatic N) is 2. The highest BCUT2D eigenvalue weighted by Gasteiger charge is 2.97. The van der Waals surface area contributed by atoms with Crippen LogP contribution in [0.2, 0.25) is 0 Å². The lowest BCUT2D eigenvalue weighted by molar-refractivity contribution is -0.329. The van der Waals surface area contributed by atoms with Gasteiger partial charge in [0.2, 0.25) is 23.6 Å². The lowest BCUT2D eigenvalue weighted by atomic mass is 9.46. The van der Waals surface area contributed by atoms with Crippen LogP contribution in [0.5, 0.6) is 0 Å². The van der Waals surface area contributed by atoms with Gasteiger partial charge in [0.1, 0.15) is 0 Å². The Morgan fingerprint density at radius 2 is 0.902 bits per heavy atom. The van der Waals surface area contributed by atoms with Gasteiger partial charge in [0.15, 0.2) is 11.2 Å². The maximum absolute atomic E-state index is 15.5. The predicted octanol–water partition coefficient (Wildman–Crippen LogP) is 1.87. The van der Waals surface area contributed by atoms with Crippen molar-refractivity contribution in [2.75, 3.05) is 13.1 Å². The monoisotopic (exact) mass is 580 g/mol.